The molecule has 0 spiro atoms. The molecule has 0 aliphatic carbocycles. The molecule has 0 saturated carbocycles. The van der Waals surface area contributed by atoms with Crippen LogP contribution >= 0.6 is 0 Å². The van der Waals surface area contributed by atoms with E-state index in [4.69, 9.17) is 0 Å². The molecule has 0 aliphatic rings. The summed E-state index contributed by atoms with van der Waals surface area (Å²) in [7, 11) is 0. The van der Waals surface area contributed by atoms with Crippen molar-refractivity contribution in [1.29, 1.82) is 0 Å². The minimum Gasteiger partial charge on any atom is -0.869 e. The predicted molar refractivity (Wildman–Crippen MR) is 82.8 cm³/mol. The first-order valence-corrected chi connectivity index (χ1v) is 7.86. The van der Waals surface area contributed by atoms with Gasteiger partial charge in [0.05, 0.1) is 0 Å². The van der Waals surface area contributed by atoms with Crippen LogP contribution in [0, 0.1) is 46.9 Å². The van der Waals surface area contributed by atoms with Crippen molar-refractivity contribution in [2.75, 3.05) is 0 Å². The van der Waals surface area contributed by atoms with Crippen molar-refractivity contribution in [1.82, 2.24) is 0 Å². The zero-order valence-corrected chi connectivity index (χ0v) is 20.0. The maximum atomic E-state index is 11.3. The van der Waals surface area contributed by atoms with E-state index >= 15 is 0 Å². The van der Waals surface area contributed by atoms with E-state index in [1.165, 1.54) is 0 Å². The Balaban J connectivity index is -0.000000112. The predicted octanol–water partition coefficient (Wildman–Crippen LogP) is 1.12. The van der Waals surface area contributed by atoms with Crippen LogP contribution in [0.3, 0.4) is 0 Å². The number of ketones is 3. The summed E-state index contributed by atoms with van der Waals surface area (Å²) in [5.41, 5.74) is 0. The number of alkyl halides is 18. The fourth-order valence-electron chi connectivity index (χ4n) is 0.848. The molecule has 8 nitrogen and oxygen atoms in total. The molecule has 0 amide bonds. The van der Waals surface area contributed by atoms with Gasteiger partial charge in [-0.05, 0) is 35.5 Å². The summed E-state index contributed by atoms with van der Waals surface area (Å²) in [6.07, 6.45) is -35.8. The number of carbonyl (C=O) groups is 3. The fraction of sp³-hybridized carbons (Fsp3) is 0.400. The minimum atomic E-state index is -5.46. The van der Waals surface area contributed by atoms with Gasteiger partial charge in [-0.3, -0.25) is 14.4 Å². The second kappa shape index (κ2) is 18.5. The van der Waals surface area contributed by atoms with Gasteiger partial charge in [0.1, 0.15) is 0 Å². The van der Waals surface area contributed by atoms with Crippen LogP contribution in [0.1, 0.15) is 0 Å². The Morgan fingerprint density at radius 1 is 0.357 bits per heavy atom. The van der Waals surface area contributed by atoms with Crippen LogP contribution in [-0.2, 0) is 14.4 Å². The minimum absolute atomic E-state index is 0. The molecule has 0 aromatic rings. The maximum absolute atomic E-state index is 11.3. The molecular weight excluding hydrogens is 823 g/mol. The number of hydrogen-bond acceptors (Lipinski definition) is 6. The average molecular weight is 830 g/mol. The number of allylic oxidation sites excluding steroid dienone is 6. The summed E-state index contributed by atoms with van der Waals surface area (Å²) >= 11 is 0. The standard InChI is InChI=1S/3C5H2F6O2.2H2O.Yb/c3*6-4(7,8)2(12)1-3(13)5(9,10)11;;;/h3*1,12H;2*1H2;/q;;;;;+3/p-3/b3*2-1-;;;. The zero-order chi connectivity index (χ0) is 32.6. The van der Waals surface area contributed by atoms with Crippen LogP contribution in [0.4, 0.5) is 79.0 Å². The first-order chi connectivity index (χ1) is 16.6. The Kier molecular flexibility index (Phi) is 23.1. The summed E-state index contributed by atoms with van der Waals surface area (Å²) in [6, 6.07) is 0. The van der Waals surface area contributed by atoms with Crippen LogP contribution in [0.2, 0.25) is 0 Å². The quantitative estimate of drug-likeness (QED) is 0.233. The zero-order valence-electron chi connectivity index (χ0n) is 18.3. The summed E-state index contributed by atoms with van der Waals surface area (Å²) in [4.78, 5) is 29.5. The molecule has 0 fully saturated rings. The van der Waals surface area contributed by atoms with Gasteiger partial charge in [-0.1, -0.05) is 0 Å². The molecule has 0 unspecified atom stereocenters. The van der Waals surface area contributed by atoms with Crippen molar-refractivity contribution in [3.63, 3.8) is 0 Å². The topological polar surface area (TPSA) is 183 Å². The Morgan fingerprint density at radius 2 is 0.476 bits per heavy atom. The largest absolute Gasteiger partial charge is 3.00 e. The third-order valence-electron chi connectivity index (χ3n) is 2.46. The van der Waals surface area contributed by atoms with Gasteiger partial charge in [-0.25, -0.2) is 0 Å². The summed E-state index contributed by atoms with van der Waals surface area (Å²) in [5.74, 6) is -16.9. The van der Waals surface area contributed by atoms with E-state index < -0.39 is 89.9 Å². The van der Waals surface area contributed by atoms with Crippen LogP contribution in [0.15, 0.2) is 35.5 Å². The van der Waals surface area contributed by atoms with Gasteiger partial charge < -0.3 is 26.3 Å². The molecule has 1 radical (unpaired) electrons. The first-order valence-electron chi connectivity index (χ1n) is 7.86. The molecular formula is C15H7F18O8Yb. The van der Waals surface area contributed by atoms with Gasteiger partial charge in [-0.15, -0.1) is 0 Å². The summed E-state index contributed by atoms with van der Waals surface area (Å²) in [5, 5.41) is 29.5. The molecule has 27 heteroatoms. The molecule has 255 valence electrons. The smallest absolute Gasteiger partial charge is 0.869 e. The summed E-state index contributed by atoms with van der Waals surface area (Å²) < 4.78 is 203. The van der Waals surface area contributed by atoms with E-state index in [1.54, 1.807) is 0 Å². The monoisotopic (exact) mass is 831 g/mol. The second-order valence-electron chi connectivity index (χ2n) is 5.61. The van der Waals surface area contributed by atoms with Crippen molar-refractivity contribution in [2.45, 2.75) is 37.1 Å². The van der Waals surface area contributed by atoms with E-state index in [-0.39, 0.29) is 57.9 Å². The van der Waals surface area contributed by atoms with Crippen molar-refractivity contribution >= 4 is 17.3 Å². The van der Waals surface area contributed by atoms with Crippen molar-refractivity contribution < 1.29 is 167 Å². The molecule has 0 saturated heterocycles. The fourth-order valence-corrected chi connectivity index (χ4v) is 0.848. The first kappa shape index (κ1) is 52.5. The van der Waals surface area contributed by atoms with E-state index in [0.29, 0.717) is 0 Å². The number of carbonyl (C=O) groups excluding carboxylic acids is 3. The van der Waals surface area contributed by atoms with Gasteiger partial charge in [0, 0.05) is 0 Å². The third-order valence-corrected chi connectivity index (χ3v) is 2.46. The second-order valence-corrected chi connectivity index (χ2v) is 5.61. The Hall–Kier alpha value is -2.19. The maximum Gasteiger partial charge on any atom is 3.00 e. The number of hydrogen-bond donors (Lipinski definition) is 0. The Bertz CT molecular complexity index is 839. The Labute approximate surface area is 255 Å². The molecule has 0 aromatic heterocycles. The van der Waals surface area contributed by atoms with E-state index in [0.717, 1.165) is 0 Å². The van der Waals surface area contributed by atoms with Crippen molar-refractivity contribution in [3.8, 4) is 0 Å². The Morgan fingerprint density at radius 3 is 0.548 bits per heavy atom. The number of rotatable bonds is 3. The molecule has 0 aromatic carbocycles. The SMILES string of the molecule is O.O.O=C(/C=C(\[O-])C(F)(F)F)C(F)(F)F.O=C(/C=C(\[O-])C(F)(F)F)C(F)(F)F.O=C(/C=C(\[O-])C(F)(F)F)C(F)(F)F.[Yb+3]. The van der Waals surface area contributed by atoms with E-state index in [2.05, 4.69) is 0 Å². The van der Waals surface area contributed by atoms with E-state index in [1.807, 2.05) is 0 Å². The van der Waals surface area contributed by atoms with Crippen molar-refractivity contribution in [2.24, 2.45) is 0 Å². The van der Waals surface area contributed by atoms with E-state index in [9.17, 15) is 109 Å². The molecule has 0 atom stereocenters. The average Bonchev–Trinajstić information content (AvgIpc) is 2.64. The van der Waals surface area contributed by atoms with Gasteiger partial charge in [0.25, 0.3) is 17.3 Å². The number of halogens is 18. The van der Waals surface area contributed by atoms with Crippen molar-refractivity contribution in [3.05, 3.63) is 35.5 Å². The molecule has 0 heterocycles. The van der Waals surface area contributed by atoms with Crippen LogP contribution in [0.5, 0.6) is 0 Å². The molecule has 0 bridgehead atoms. The van der Waals surface area contributed by atoms with Crippen LogP contribution in [0.25, 0.3) is 0 Å². The van der Waals surface area contributed by atoms with Gasteiger partial charge in [0.2, 0.25) is 0 Å². The third kappa shape index (κ3) is 24.4. The summed E-state index contributed by atoms with van der Waals surface area (Å²) in [6.45, 7) is 0. The molecule has 42 heavy (non-hydrogen) atoms. The molecule has 4 N–H and O–H groups in total. The van der Waals surface area contributed by atoms with Gasteiger partial charge in [0.15, 0.2) is 0 Å². The normalized spacial score (nSPS) is 13.4. The van der Waals surface area contributed by atoms with Gasteiger partial charge >= 0.3 is 84.0 Å². The van der Waals surface area contributed by atoms with Crippen LogP contribution < -0.4 is 15.3 Å². The molecule has 0 aliphatic heterocycles. The van der Waals surface area contributed by atoms with Gasteiger partial charge in [-0.2, -0.15) is 79.0 Å². The van der Waals surface area contributed by atoms with Crippen LogP contribution in [-0.4, -0.2) is 65.4 Å². The molecule has 0 rings (SSSR count).